The molecule has 1 aliphatic rings. The van der Waals surface area contributed by atoms with Gasteiger partial charge in [0.05, 0.1) is 28.3 Å². The van der Waals surface area contributed by atoms with Crippen LogP contribution in [0.1, 0.15) is 51.8 Å². The molecule has 0 bridgehead atoms. The Morgan fingerprint density at radius 3 is 2.65 bits per heavy atom. The van der Waals surface area contributed by atoms with Gasteiger partial charge in [-0.1, -0.05) is 11.3 Å². The van der Waals surface area contributed by atoms with Crippen molar-refractivity contribution >= 4 is 31.6 Å². The molecule has 31 heavy (non-hydrogen) atoms. The lowest BCUT2D eigenvalue weighted by Gasteiger charge is -2.37. The molecule has 4 rings (SSSR count). The van der Waals surface area contributed by atoms with Crippen LogP contribution in [0.3, 0.4) is 0 Å². The van der Waals surface area contributed by atoms with Crippen molar-refractivity contribution in [1.82, 2.24) is 9.29 Å². The molecule has 3 aromatic rings. The van der Waals surface area contributed by atoms with E-state index in [0.717, 1.165) is 22.4 Å². The normalized spacial score (nSPS) is 18.1. The van der Waals surface area contributed by atoms with Crippen LogP contribution in [-0.4, -0.2) is 25.7 Å². The second-order valence-electron chi connectivity index (χ2n) is 8.60. The van der Waals surface area contributed by atoms with Gasteiger partial charge in [0.25, 0.3) is 0 Å². The fourth-order valence-electron chi connectivity index (χ4n) is 3.99. The minimum Gasteiger partial charge on any atom is -0.497 e. The maximum Gasteiger partial charge on any atom is 0.308 e. The third kappa shape index (κ3) is 4.09. The number of nitrogens with one attached hydrogen (secondary N) is 1. The van der Waals surface area contributed by atoms with E-state index in [1.807, 2.05) is 27.7 Å². The smallest absolute Gasteiger partial charge is 0.308 e. The summed E-state index contributed by atoms with van der Waals surface area (Å²) in [5.74, 6) is 1.26. The van der Waals surface area contributed by atoms with Gasteiger partial charge in [-0.25, -0.2) is 13.1 Å². The van der Waals surface area contributed by atoms with Gasteiger partial charge in [-0.15, -0.1) is 0 Å². The molecule has 166 valence electrons. The minimum absolute atomic E-state index is 0.00205. The third-order valence-electron chi connectivity index (χ3n) is 5.38. The van der Waals surface area contributed by atoms with Gasteiger partial charge in [-0.2, -0.15) is 0 Å². The number of thiazole rings is 1. The molecule has 0 amide bonds. The van der Waals surface area contributed by atoms with Gasteiger partial charge in [0.2, 0.25) is 10.0 Å². The maximum atomic E-state index is 13.3. The predicted octanol–water partition coefficient (Wildman–Crippen LogP) is 4.23. The van der Waals surface area contributed by atoms with Crippen LogP contribution in [0.4, 0.5) is 0 Å². The fourth-order valence-corrected chi connectivity index (χ4v) is 6.36. The number of rotatable bonds is 5. The number of sulfonamides is 1. The highest BCUT2D eigenvalue weighted by molar-refractivity contribution is 7.89. The van der Waals surface area contributed by atoms with E-state index in [2.05, 4.69) is 4.72 Å². The minimum atomic E-state index is -3.84. The zero-order chi connectivity index (χ0) is 22.6. The molecular formula is C22H26N2O5S2. The lowest BCUT2D eigenvalue weighted by molar-refractivity contribution is 0.0700. The number of fused-ring (bicyclic) bond motifs is 2. The number of hydrogen-bond acceptors (Lipinski definition) is 6. The largest absolute Gasteiger partial charge is 0.497 e. The van der Waals surface area contributed by atoms with Crippen molar-refractivity contribution in [2.75, 3.05) is 7.11 Å². The molecule has 0 fully saturated rings. The molecule has 9 heteroatoms. The van der Waals surface area contributed by atoms with Crippen LogP contribution >= 0.6 is 11.3 Å². The molecular weight excluding hydrogens is 436 g/mol. The van der Waals surface area contributed by atoms with Crippen LogP contribution < -0.4 is 19.1 Å². The summed E-state index contributed by atoms with van der Waals surface area (Å²) in [6, 6.07) is 9.73. The van der Waals surface area contributed by atoms with E-state index in [-0.39, 0.29) is 15.8 Å². The molecule has 0 saturated carbocycles. The van der Waals surface area contributed by atoms with Gasteiger partial charge >= 0.3 is 4.87 Å². The summed E-state index contributed by atoms with van der Waals surface area (Å²) in [5.41, 5.74) is 0.942. The zero-order valence-corrected chi connectivity index (χ0v) is 19.8. The standard InChI is InChI=1S/C22H26N2O5S2/c1-13(2)24-18-8-7-15(11-20(18)30-21(24)25)31(26,27)23-17-12-22(3,4)29-19-9-6-14(28-5)10-16(17)19/h6-11,13,17,23H,12H2,1-5H3/t17-/m1/s1. The summed E-state index contributed by atoms with van der Waals surface area (Å²) in [7, 11) is -2.27. The highest BCUT2D eigenvalue weighted by Gasteiger charge is 2.36. The summed E-state index contributed by atoms with van der Waals surface area (Å²) in [5, 5.41) is 0. The molecule has 2 heterocycles. The predicted molar refractivity (Wildman–Crippen MR) is 122 cm³/mol. The van der Waals surface area contributed by atoms with Crippen LogP contribution in [0.5, 0.6) is 11.5 Å². The first-order chi connectivity index (χ1) is 14.5. The van der Waals surface area contributed by atoms with E-state index >= 15 is 0 Å². The zero-order valence-electron chi connectivity index (χ0n) is 18.1. The van der Waals surface area contributed by atoms with E-state index in [4.69, 9.17) is 9.47 Å². The highest BCUT2D eigenvalue weighted by atomic mass is 32.2. The Labute approximate surface area is 185 Å². The van der Waals surface area contributed by atoms with E-state index in [1.54, 1.807) is 48.1 Å². The molecule has 2 aromatic carbocycles. The van der Waals surface area contributed by atoms with Crippen LogP contribution in [0.2, 0.25) is 0 Å². The first-order valence-electron chi connectivity index (χ1n) is 10.0. The molecule has 1 N–H and O–H groups in total. The third-order valence-corrected chi connectivity index (χ3v) is 7.77. The fraction of sp³-hybridized carbons (Fsp3) is 0.409. The number of nitrogens with zero attached hydrogens (tertiary/aromatic N) is 1. The Morgan fingerprint density at radius 1 is 1.23 bits per heavy atom. The first-order valence-corrected chi connectivity index (χ1v) is 12.3. The summed E-state index contributed by atoms with van der Waals surface area (Å²) in [6.07, 6.45) is 0.464. The Kier molecular flexibility index (Phi) is 5.39. The highest BCUT2D eigenvalue weighted by Crippen LogP contribution is 2.41. The van der Waals surface area contributed by atoms with Crippen molar-refractivity contribution in [3.63, 3.8) is 0 Å². The van der Waals surface area contributed by atoms with E-state index in [9.17, 15) is 13.2 Å². The molecule has 0 saturated heterocycles. The second-order valence-corrected chi connectivity index (χ2v) is 11.3. The average Bonchev–Trinajstić information content (AvgIpc) is 3.01. The van der Waals surface area contributed by atoms with Crippen molar-refractivity contribution in [3.8, 4) is 11.5 Å². The summed E-state index contributed by atoms with van der Waals surface area (Å²) in [6.45, 7) is 7.72. The Balaban J connectivity index is 1.73. The van der Waals surface area contributed by atoms with Crippen LogP contribution in [-0.2, 0) is 10.0 Å². The Bertz CT molecular complexity index is 1310. The first kappa shape index (κ1) is 21.9. The summed E-state index contributed by atoms with van der Waals surface area (Å²) >= 11 is 1.06. The van der Waals surface area contributed by atoms with Crippen LogP contribution in [0, 0.1) is 0 Å². The van der Waals surface area contributed by atoms with Crippen molar-refractivity contribution in [2.24, 2.45) is 0 Å². The Morgan fingerprint density at radius 2 is 1.97 bits per heavy atom. The SMILES string of the molecule is COc1ccc2c(c1)[C@H](NS(=O)(=O)c1ccc3c(c1)sc(=O)n3C(C)C)CC(C)(C)O2. The van der Waals surface area contributed by atoms with Crippen LogP contribution in [0.25, 0.3) is 10.2 Å². The van der Waals surface area contributed by atoms with Crippen molar-refractivity contribution < 1.29 is 17.9 Å². The van der Waals surface area contributed by atoms with Gasteiger partial charge in [-0.3, -0.25) is 9.36 Å². The van der Waals surface area contributed by atoms with Gasteiger partial charge in [-0.05, 0) is 64.1 Å². The lowest BCUT2D eigenvalue weighted by atomic mass is 9.90. The number of methoxy groups -OCH3 is 1. The van der Waals surface area contributed by atoms with Crippen LogP contribution in [0.15, 0.2) is 46.1 Å². The molecule has 1 aliphatic heterocycles. The quantitative estimate of drug-likeness (QED) is 0.613. The molecule has 7 nitrogen and oxygen atoms in total. The molecule has 1 atom stereocenters. The maximum absolute atomic E-state index is 13.3. The molecule has 0 radical (unpaired) electrons. The second kappa shape index (κ2) is 7.65. The van der Waals surface area contributed by atoms with Gasteiger partial charge in [0, 0.05) is 18.0 Å². The van der Waals surface area contributed by atoms with Gasteiger partial charge in [0.1, 0.15) is 17.1 Å². The number of aromatic nitrogens is 1. The molecule has 0 spiro atoms. The number of benzene rings is 2. The number of hydrogen-bond donors (Lipinski definition) is 1. The van der Waals surface area contributed by atoms with E-state index in [0.29, 0.717) is 22.6 Å². The van der Waals surface area contributed by atoms with E-state index < -0.39 is 21.7 Å². The van der Waals surface area contributed by atoms with Crippen molar-refractivity contribution in [1.29, 1.82) is 0 Å². The lowest BCUT2D eigenvalue weighted by Crippen LogP contribution is -2.41. The summed E-state index contributed by atoms with van der Waals surface area (Å²) in [4.78, 5) is 12.4. The monoisotopic (exact) mass is 462 g/mol. The number of ether oxygens (including phenoxy) is 2. The van der Waals surface area contributed by atoms with E-state index in [1.165, 1.54) is 0 Å². The van der Waals surface area contributed by atoms with Gasteiger partial charge < -0.3 is 9.47 Å². The van der Waals surface area contributed by atoms with Crippen molar-refractivity contribution in [2.45, 2.75) is 56.7 Å². The Hall–Kier alpha value is -2.36. The van der Waals surface area contributed by atoms with Gasteiger partial charge in [0.15, 0.2) is 0 Å². The molecule has 0 unspecified atom stereocenters. The average molecular weight is 463 g/mol. The molecule has 0 aliphatic carbocycles. The van der Waals surface area contributed by atoms with Crippen molar-refractivity contribution in [3.05, 3.63) is 51.6 Å². The summed E-state index contributed by atoms with van der Waals surface area (Å²) < 4.78 is 43.1. The molecule has 1 aromatic heterocycles. The topological polar surface area (TPSA) is 86.6 Å².